The van der Waals surface area contributed by atoms with Crippen LogP contribution in [0.25, 0.3) is 0 Å². The van der Waals surface area contributed by atoms with Crippen LogP contribution in [0.5, 0.6) is 0 Å². The lowest BCUT2D eigenvalue weighted by atomic mass is 10.1. The van der Waals surface area contributed by atoms with Crippen LogP contribution in [0, 0.1) is 12.7 Å². The predicted molar refractivity (Wildman–Crippen MR) is 112 cm³/mol. The molecule has 3 rings (SSSR count). The summed E-state index contributed by atoms with van der Waals surface area (Å²) in [5.74, 6) is -1.48. The van der Waals surface area contributed by atoms with E-state index in [4.69, 9.17) is 11.6 Å². The molecule has 3 aromatic rings. The number of hydrogen-bond donors (Lipinski definition) is 3. The molecule has 0 saturated heterocycles. The van der Waals surface area contributed by atoms with Crippen molar-refractivity contribution in [1.29, 1.82) is 0 Å². The van der Waals surface area contributed by atoms with E-state index in [0.717, 1.165) is 5.56 Å². The summed E-state index contributed by atoms with van der Waals surface area (Å²) in [6.45, 7) is 1.82. The van der Waals surface area contributed by atoms with E-state index in [2.05, 4.69) is 20.9 Å². The molecule has 0 radical (unpaired) electrons. The molecular formula is C21H18ClFN4O2. The Bertz CT molecular complexity index is 1070. The first kappa shape index (κ1) is 20.3. The van der Waals surface area contributed by atoms with Crippen molar-refractivity contribution in [3.63, 3.8) is 0 Å². The summed E-state index contributed by atoms with van der Waals surface area (Å²) in [5, 5.41) is 8.50. The molecule has 29 heavy (non-hydrogen) atoms. The number of halogens is 2. The molecule has 2 aromatic carbocycles. The Balaban J connectivity index is 1.85. The highest BCUT2D eigenvalue weighted by molar-refractivity contribution is 6.30. The van der Waals surface area contributed by atoms with Crippen LogP contribution in [0.3, 0.4) is 0 Å². The van der Waals surface area contributed by atoms with Crippen molar-refractivity contribution in [2.24, 2.45) is 0 Å². The molecule has 0 spiro atoms. The number of rotatable bonds is 5. The van der Waals surface area contributed by atoms with E-state index in [1.165, 1.54) is 18.3 Å². The highest BCUT2D eigenvalue weighted by atomic mass is 35.5. The lowest BCUT2D eigenvalue weighted by Crippen LogP contribution is -2.19. The average Bonchev–Trinajstić information content (AvgIpc) is 2.70. The number of nitrogens with zero attached hydrogens (tertiary/aromatic N) is 1. The van der Waals surface area contributed by atoms with Crippen molar-refractivity contribution in [1.82, 2.24) is 4.98 Å². The van der Waals surface area contributed by atoms with E-state index in [1.807, 2.05) is 6.92 Å². The molecular weight excluding hydrogens is 395 g/mol. The largest absolute Gasteiger partial charge is 0.388 e. The Morgan fingerprint density at radius 2 is 1.72 bits per heavy atom. The molecule has 3 N–H and O–H groups in total. The summed E-state index contributed by atoms with van der Waals surface area (Å²) in [6.07, 6.45) is 1.41. The summed E-state index contributed by atoms with van der Waals surface area (Å²) >= 11 is 5.80. The maximum absolute atomic E-state index is 14.2. The number of anilines is 3. The van der Waals surface area contributed by atoms with Crippen molar-refractivity contribution >= 4 is 40.6 Å². The minimum absolute atomic E-state index is 0.129. The predicted octanol–water partition coefficient (Wildman–Crippen LogP) is 4.73. The topological polar surface area (TPSA) is 83.1 Å². The van der Waals surface area contributed by atoms with E-state index in [0.29, 0.717) is 16.5 Å². The van der Waals surface area contributed by atoms with Gasteiger partial charge in [0.25, 0.3) is 11.8 Å². The monoisotopic (exact) mass is 412 g/mol. The zero-order valence-corrected chi connectivity index (χ0v) is 16.5. The molecule has 0 aliphatic heterocycles. The summed E-state index contributed by atoms with van der Waals surface area (Å²) in [4.78, 5) is 29.3. The van der Waals surface area contributed by atoms with Gasteiger partial charge in [-0.3, -0.25) is 9.59 Å². The van der Waals surface area contributed by atoms with Crippen molar-refractivity contribution in [3.8, 4) is 0 Å². The second kappa shape index (κ2) is 8.70. The first-order valence-electron chi connectivity index (χ1n) is 8.69. The van der Waals surface area contributed by atoms with Gasteiger partial charge in [-0.1, -0.05) is 23.2 Å². The Hall–Kier alpha value is -3.45. The van der Waals surface area contributed by atoms with Gasteiger partial charge in [0.1, 0.15) is 11.6 Å². The molecule has 0 unspecified atom stereocenters. The Kier molecular flexibility index (Phi) is 6.09. The second-order valence-corrected chi connectivity index (χ2v) is 6.70. The van der Waals surface area contributed by atoms with Gasteiger partial charge in [-0.2, -0.15) is 0 Å². The maximum atomic E-state index is 14.2. The quantitative estimate of drug-likeness (QED) is 0.565. The third-order valence-electron chi connectivity index (χ3n) is 4.14. The fourth-order valence-corrected chi connectivity index (χ4v) is 2.74. The van der Waals surface area contributed by atoms with E-state index in [1.54, 1.807) is 43.4 Å². The summed E-state index contributed by atoms with van der Waals surface area (Å²) in [6, 6.07) is 12.3. The van der Waals surface area contributed by atoms with Gasteiger partial charge in [-0.15, -0.1) is 0 Å². The number of nitrogens with one attached hydrogen (secondary N) is 3. The molecule has 8 heteroatoms. The summed E-state index contributed by atoms with van der Waals surface area (Å²) in [7, 11) is 1.65. The third-order valence-corrected chi connectivity index (χ3v) is 4.36. The highest BCUT2D eigenvalue weighted by Crippen LogP contribution is 2.22. The molecule has 1 heterocycles. The van der Waals surface area contributed by atoms with Gasteiger partial charge in [0.2, 0.25) is 0 Å². The van der Waals surface area contributed by atoms with Crippen molar-refractivity contribution < 1.29 is 14.0 Å². The van der Waals surface area contributed by atoms with Crippen LogP contribution >= 0.6 is 11.6 Å². The van der Waals surface area contributed by atoms with Gasteiger partial charge in [0.05, 0.1) is 21.8 Å². The van der Waals surface area contributed by atoms with Gasteiger partial charge in [-0.05, 0) is 49.4 Å². The van der Waals surface area contributed by atoms with Crippen LogP contribution in [0.4, 0.5) is 21.6 Å². The maximum Gasteiger partial charge on any atom is 0.258 e. The first-order chi connectivity index (χ1) is 13.9. The van der Waals surface area contributed by atoms with Gasteiger partial charge in [0, 0.05) is 18.9 Å². The van der Waals surface area contributed by atoms with E-state index >= 15 is 0 Å². The zero-order valence-electron chi connectivity index (χ0n) is 15.7. The number of hydrogen-bond acceptors (Lipinski definition) is 4. The van der Waals surface area contributed by atoms with Crippen LogP contribution in [-0.4, -0.2) is 23.8 Å². The van der Waals surface area contributed by atoms with Gasteiger partial charge >= 0.3 is 0 Å². The standard InChI is InChI=1S/C21H18ClFN4O2/c1-12-3-7-18(26-20(28)15-6-5-14(24-2)10-17(15)23)16(9-12)21(29)27-19-8-4-13(22)11-25-19/h3-11,24H,1-2H3,(H,26,28)(H,25,27,29). The van der Waals surface area contributed by atoms with Crippen LogP contribution in [0.2, 0.25) is 5.02 Å². The normalized spacial score (nSPS) is 10.3. The SMILES string of the molecule is CNc1ccc(C(=O)Nc2ccc(C)cc2C(=O)Nc2ccc(Cl)cn2)c(F)c1. The fraction of sp³-hybridized carbons (Fsp3) is 0.0952. The van der Waals surface area contributed by atoms with Crippen molar-refractivity contribution in [2.75, 3.05) is 23.0 Å². The van der Waals surface area contributed by atoms with Crippen LogP contribution in [0.1, 0.15) is 26.3 Å². The Morgan fingerprint density at radius 1 is 0.966 bits per heavy atom. The van der Waals surface area contributed by atoms with Crippen LogP contribution in [-0.2, 0) is 0 Å². The van der Waals surface area contributed by atoms with E-state index < -0.39 is 17.6 Å². The first-order valence-corrected chi connectivity index (χ1v) is 9.07. The molecule has 0 atom stereocenters. The number of aryl methyl sites for hydroxylation is 1. The number of benzene rings is 2. The van der Waals surface area contributed by atoms with Crippen LogP contribution < -0.4 is 16.0 Å². The fourth-order valence-electron chi connectivity index (χ4n) is 2.63. The van der Waals surface area contributed by atoms with Gasteiger partial charge in [-0.25, -0.2) is 9.37 Å². The number of carbonyl (C=O) groups excluding carboxylic acids is 2. The molecule has 0 aliphatic rings. The van der Waals surface area contributed by atoms with Crippen LogP contribution in [0.15, 0.2) is 54.7 Å². The molecule has 0 bridgehead atoms. The Labute approximate surface area is 172 Å². The van der Waals surface area contributed by atoms with Gasteiger partial charge < -0.3 is 16.0 Å². The van der Waals surface area contributed by atoms with Gasteiger partial charge in [0.15, 0.2) is 0 Å². The van der Waals surface area contributed by atoms with E-state index in [9.17, 15) is 14.0 Å². The minimum atomic E-state index is -0.669. The minimum Gasteiger partial charge on any atom is -0.388 e. The Morgan fingerprint density at radius 3 is 2.38 bits per heavy atom. The van der Waals surface area contributed by atoms with Crippen molar-refractivity contribution in [2.45, 2.75) is 6.92 Å². The molecule has 0 fully saturated rings. The third kappa shape index (κ3) is 4.89. The summed E-state index contributed by atoms with van der Waals surface area (Å²) in [5.41, 5.74) is 1.72. The number of aromatic nitrogens is 1. The smallest absolute Gasteiger partial charge is 0.258 e. The van der Waals surface area contributed by atoms with E-state index in [-0.39, 0.29) is 16.8 Å². The lowest BCUT2D eigenvalue weighted by Gasteiger charge is -2.13. The lowest BCUT2D eigenvalue weighted by molar-refractivity contribution is 0.102. The number of amides is 2. The molecule has 0 saturated carbocycles. The highest BCUT2D eigenvalue weighted by Gasteiger charge is 2.18. The molecule has 2 amide bonds. The number of carbonyl (C=O) groups is 2. The number of pyridine rings is 1. The molecule has 148 valence electrons. The molecule has 1 aromatic heterocycles. The zero-order chi connectivity index (χ0) is 21.0. The summed E-state index contributed by atoms with van der Waals surface area (Å²) < 4.78 is 14.2. The van der Waals surface area contributed by atoms with Crippen molar-refractivity contribution in [3.05, 3.63) is 82.3 Å². The second-order valence-electron chi connectivity index (χ2n) is 6.26. The average molecular weight is 413 g/mol. The molecule has 0 aliphatic carbocycles. The molecule has 6 nitrogen and oxygen atoms in total.